The summed E-state index contributed by atoms with van der Waals surface area (Å²) >= 11 is 0. The van der Waals surface area contributed by atoms with Crippen LogP contribution in [0, 0.1) is 0 Å². The van der Waals surface area contributed by atoms with Crippen LogP contribution in [-0.2, 0) is 4.43 Å². The van der Waals surface area contributed by atoms with E-state index in [2.05, 4.69) is 20.1 Å². The molecule has 0 N–H and O–H groups in total. The molecule has 2 heteroatoms. The van der Waals surface area contributed by atoms with E-state index in [1.165, 1.54) is 0 Å². The summed E-state index contributed by atoms with van der Waals surface area (Å²) in [6.45, 7) is 9.59. The molecule has 0 amide bonds. The molecular formula is C9H18OSi. The van der Waals surface area contributed by atoms with Gasteiger partial charge in [-0.3, -0.25) is 0 Å². The molecule has 0 aromatic heterocycles. The van der Waals surface area contributed by atoms with Crippen molar-refractivity contribution in [1.29, 1.82) is 0 Å². The second-order valence-corrected chi connectivity index (χ2v) is 3.13. The van der Waals surface area contributed by atoms with Gasteiger partial charge in [0.1, 0.15) is 10.5 Å². The molecular weight excluding hydrogens is 152 g/mol. The SMILES string of the molecule is C=CCC(CC)(CC=C)O[SiH3]. The highest BCUT2D eigenvalue weighted by molar-refractivity contribution is 5.98. The van der Waals surface area contributed by atoms with Gasteiger partial charge in [0.2, 0.25) is 0 Å². The molecule has 0 aromatic carbocycles. The average Bonchev–Trinajstić information content (AvgIpc) is 2.04. The summed E-state index contributed by atoms with van der Waals surface area (Å²) in [5.74, 6) is 0. The first-order valence-electron chi connectivity index (χ1n) is 4.01. The molecule has 0 aliphatic rings. The lowest BCUT2D eigenvalue weighted by Crippen LogP contribution is -2.29. The van der Waals surface area contributed by atoms with Crippen molar-refractivity contribution in [2.75, 3.05) is 0 Å². The second kappa shape index (κ2) is 5.33. The molecule has 1 nitrogen and oxygen atoms in total. The van der Waals surface area contributed by atoms with Gasteiger partial charge in [0, 0.05) is 0 Å². The van der Waals surface area contributed by atoms with E-state index in [9.17, 15) is 0 Å². The summed E-state index contributed by atoms with van der Waals surface area (Å²) in [5, 5.41) is 0. The molecule has 0 aliphatic heterocycles. The molecule has 0 saturated carbocycles. The monoisotopic (exact) mass is 170 g/mol. The highest BCUT2D eigenvalue weighted by Gasteiger charge is 2.22. The van der Waals surface area contributed by atoms with Crippen LogP contribution in [0.5, 0.6) is 0 Å². The lowest BCUT2D eigenvalue weighted by atomic mass is 9.93. The van der Waals surface area contributed by atoms with Gasteiger partial charge in [0.15, 0.2) is 0 Å². The zero-order chi connectivity index (χ0) is 8.74. The van der Waals surface area contributed by atoms with Gasteiger partial charge < -0.3 is 4.43 Å². The third-order valence-electron chi connectivity index (χ3n) is 2.11. The summed E-state index contributed by atoms with van der Waals surface area (Å²) in [6.07, 6.45) is 6.74. The first-order valence-corrected chi connectivity index (χ1v) is 4.83. The van der Waals surface area contributed by atoms with Gasteiger partial charge in [-0.2, -0.15) is 0 Å². The van der Waals surface area contributed by atoms with E-state index in [1.807, 2.05) is 12.2 Å². The standard InChI is InChI=1S/C9H18OSi/c1-4-7-9(6-3,10-11)8-5-2/h4-5H,1-2,6-8H2,3,11H3. The minimum absolute atomic E-state index is 0.00965. The Morgan fingerprint density at radius 1 is 1.36 bits per heavy atom. The van der Waals surface area contributed by atoms with Crippen LogP contribution < -0.4 is 0 Å². The molecule has 0 fully saturated rings. The van der Waals surface area contributed by atoms with Crippen LogP contribution in [0.4, 0.5) is 0 Å². The Morgan fingerprint density at radius 3 is 2.00 bits per heavy atom. The maximum atomic E-state index is 5.56. The van der Waals surface area contributed by atoms with Gasteiger partial charge in [-0.05, 0) is 19.3 Å². The summed E-state index contributed by atoms with van der Waals surface area (Å²) in [7, 11) is 0.789. The lowest BCUT2D eigenvalue weighted by molar-refractivity contribution is 0.0821. The Kier molecular flexibility index (Phi) is 5.16. The van der Waals surface area contributed by atoms with Crippen molar-refractivity contribution >= 4 is 10.5 Å². The molecule has 0 aromatic rings. The fourth-order valence-corrected chi connectivity index (χ4v) is 1.83. The smallest absolute Gasteiger partial charge is 0.146 e. The van der Waals surface area contributed by atoms with Crippen LogP contribution in [0.1, 0.15) is 26.2 Å². The third kappa shape index (κ3) is 3.04. The molecule has 0 radical (unpaired) electrons. The van der Waals surface area contributed by atoms with Gasteiger partial charge in [0.05, 0.1) is 5.60 Å². The quantitative estimate of drug-likeness (QED) is 0.434. The van der Waals surface area contributed by atoms with Crippen molar-refractivity contribution in [1.82, 2.24) is 0 Å². The van der Waals surface area contributed by atoms with Crippen LogP contribution in [-0.4, -0.2) is 16.1 Å². The van der Waals surface area contributed by atoms with Crippen molar-refractivity contribution in [2.45, 2.75) is 31.8 Å². The van der Waals surface area contributed by atoms with E-state index in [-0.39, 0.29) is 5.60 Å². The summed E-state index contributed by atoms with van der Waals surface area (Å²) in [6, 6.07) is 0. The first-order chi connectivity index (χ1) is 5.24. The van der Waals surface area contributed by atoms with Crippen LogP contribution >= 0.6 is 0 Å². The molecule has 0 rings (SSSR count). The van der Waals surface area contributed by atoms with E-state index in [0.29, 0.717) is 0 Å². The van der Waals surface area contributed by atoms with Gasteiger partial charge in [-0.15, -0.1) is 13.2 Å². The van der Waals surface area contributed by atoms with Crippen LogP contribution in [0.3, 0.4) is 0 Å². The molecule has 0 unspecified atom stereocenters. The Hall–Kier alpha value is -0.343. The van der Waals surface area contributed by atoms with E-state index >= 15 is 0 Å². The Labute approximate surface area is 72.7 Å². The van der Waals surface area contributed by atoms with Gasteiger partial charge >= 0.3 is 0 Å². The van der Waals surface area contributed by atoms with Crippen molar-refractivity contribution in [3.8, 4) is 0 Å². The van der Waals surface area contributed by atoms with E-state index in [0.717, 1.165) is 29.7 Å². The van der Waals surface area contributed by atoms with Crippen LogP contribution in [0.2, 0.25) is 0 Å². The first kappa shape index (κ1) is 10.7. The number of rotatable bonds is 6. The maximum absolute atomic E-state index is 5.56. The van der Waals surface area contributed by atoms with E-state index in [1.54, 1.807) is 0 Å². The largest absolute Gasteiger partial charge is 0.422 e. The minimum Gasteiger partial charge on any atom is -0.422 e. The molecule has 0 aliphatic carbocycles. The maximum Gasteiger partial charge on any atom is 0.146 e. The minimum atomic E-state index is 0.00965. The van der Waals surface area contributed by atoms with Crippen molar-refractivity contribution in [3.05, 3.63) is 25.3 Å². The Balaban J connectivity index is 4.17. The summed E-state index contributed by atoms with van der Waals surface area (Å²) in [4.78, 5) is 0. The lowest BCUT2D eigenvalue weighted by Gasteiger charge is -2.29. The van der Waals surface area contributed by atoms with Crippen molar-refractivity contribution < 1.29 is 4.43 Å². The van der Waals surface area contributed by atoms with Crippen molar-refractivity contribution in [3.63, 3.8) is 0 Å². The number of hydrogen-bond acceptors (Lipinski definition) is 1. The third-order valence-corrected chi connectivity index (χ3v) is 2.98. The Bertz CT molecular complexity index is 116. The molecule has 0 atom stereocenters. The fourth-order valence-electron chi connectivity index (χ4n) is 1.21. The summed E-state index contributed by atoms with van der Waals surface area (Å²) in [5.41, 5.74) is 0.00965. The van der Waals surface area contributed by atoms with Gasteiger partial charge in [0.25, 0.3) is 0 Å². The van der Waals surface area contributed by atoms with Crippen molar-refractivity contribution in [2.24, 2.45) is 0 Å². The topological polar surface area (TPSA) is 9.23 Å². The zero-order valence-corrected chi connectivity index (χ0v) is 9.60. The van der Waals surface area contributed by atoms with E-state index in [4.69, 9.17) is 4.43 Å². The molecule has 0 bridgehead atoms. The molecule has 0 saturated heterocycles. The van der Waals surface area contributed by atoms with Gasteiger partial charge in [-0.1, -0.05) is 19.1 Å². The van der Waals surface area contributed by atoms with Gasteiger partial charge in [-0.25, -0.2) is 0 Å². The van der Waals surface area contributed by atoms with Crippen LogP contribution in [0.15, 0.2) is 25.3 Å². The average molecular weight is 170 g/mol. The Morgan fingerprint density at radius 2 is 1.82 bits per heavy atom. The molecule has 64 valence electrons. The molecule has 11 heavy (non-hydrogen) atoms. The zero-order valence-electron chi connectivity index (χ0n) is 7.60. The highest BCUT2D eigenvalue weighted by Crippen LogP contribution is 2.24. The predicted octanol–water partition coefficient (Wildman–Crippen LogP) is 1.58. The second-order valence-electron chi connectivity index (χ2n) is 2.73. The highest BCUT2D eigenvalue weighted by atomic mass is 28.2. The fraction of sp³-hybridized carbons (Fsp3) is 0.556. The normalized spacial score (nSPS) is 11.4. The van der Waals surface area contributed by atoms with Crippen LogP contribution in [0.25, 0.3) is 0 Å². The number of hydrogen-bond donors (Lipinski definition) is 0. The molecule has 0 spiro atoms. The molecule has 0 heterocycles. The predicted molar refractivity (Wildman–Crippen MR) is 53.7 cm³/mol. The summed E-state index contributed by atoms with van der Waals surface area (Å²) < 4.78 is 5.56. The van der Waals surface area contributed by atoms with E-state index < -0.39 is 0 Å².